The van der Waals surface area contributed by atoms with Gasteiger partial charge in [-0.3, -0.25) is 14.5 Å². The molecule has 7 nitrogen and oxygen atoms in total. The first-order valence-electron chi connectivity index (χ1n) is 9.72. The minimum Gasteiger partial charge on any atom is -0.334 e. The lowest BCUT2D eigenvalue weighted by atomic mass is 9.77. The number of nitrogens with zero attached hydrogens (tertiary/aromatic N) is 3. The summed E-state index contributed by atoms with van der Waals surface area (Å²) in [4.78, 5) is 31.6. The average molecular weight is 403 g/mol. The zero-order chi connectivity index (χ0) is 18.6. The second kappa shape index (κ2) is 6.97. The number of hydrogen-bond acceptors (Lipinski definition) is 6. The van der Waals surface area contributed by atoms with Gasteiger partial charge in [0, 0.05) is 11.6 Å². The molecule has 5 rings (SSSR count). The van der Waals surface area contributed by atoms with Gasteiger partial charge in [0.05, 0.1) is 16.7 Å². The Morgan fingerprint density at radius 1 is 1.04 bits per heavy atom. The van der Waals surface area contributed by atoms with Gasteiger partial charge in [-0.1, -0.05) is 24.4 Å². The summed E-state index contributed by atoms with van der Waals surface area (Å²) < 4.78 is 5.39. The number of rotatable bonds is 3. The van der Waals surface area contributed by atoms with Gasteiger partial charge in [0.25, 0.3) is 17.7 Å². The molecule has 1 aromatic carbocycles. The van der Waals surface area contributed by atoms with Crippen molar-refractivity contribution in [1.82, 2.24) is 15.0 Å². The van der Waals surface area contributed by atoms with Crippen molar-refractivity contribution in [1.29, 1.82) is 0 Å². The highest BCUT2D eigenvalue weighted by Gasteiger charge is 2.41. The molecule has 3 aliphatic rings. The third-order valence-electron chi connectivity index (χ3n) is 6.22. The molecule has 2 N–H and O–H groups in total. The van der Waals surface area contributed by atoms with Crippen LogP contribution in [0, 0.1) is 0 Å². The molecule has 0 radical (unpaired) electrons. The van der Waals surface area contributed by atoms with Crippen LogP contribution in [0.15, 0.2) is 22.7 Å². The van der Waals surface area contributed by atoms with Crippen LogP contribution in [0.5, 0.6) is 0 Å². The highest BCUT2D eigenvalue weighted by molar-refractivity contribution is 6.22. The molecule has 0 saturated heterocycles. The van der Waals surface area contributed by atoms with E-state index in [1.807, 2.05) is 0 Å². The molecule has 1 aromatic heterocycles. The maximum absolute atomic E-state index is 12.9. The van der Waals surface area contributed by atoms with E-state index in [0.29, 0.717) is 28.4 Å². The van der Waals surface area contributed by atoms with Crippen LogP contribution < -0.4 is 5.73 Å². The molecule has 148 valence electrons. The van der Waals surface area contributed by atoms with Crippen LogP contribution in [-0.2, 0) is 5.54 Å². The Morgan fingerprint density at radius 3 is 2.43 bits per heavy atom. The zero-order valence-electron chi connectivity index (χ0n) is 15.5. The summed E-state index contributed by atoms with van der Waals surface area (Å²) >= 11 is 0. The quantitative estimate of drug-likeness (QED) is 0.789. The lowest BCUT2D eigenvalue weighted by Gasteiger charge is -2.34. The molecular weight excluding hydrogens is 380 g/mol. The summed E-state index contributed by atoms with van der Waals surface area (Å²) in [6.45, 7) is 0. The van der Waals surface area contributed by atoms with Gasteiger partial charge in [-0.2, -0.15) is 4.98 Å². The summed E-state index contributed by atoms with van der Waals surface area (Å²) in [7, 11) is 0. The average Bonchev–Trinajstić information content (AvgIpc) is 3.25. The topological polar surface area (TPSA) is 102 Å². The van der Waals surface area contributed by atoms with Crippen molar-refractivity contribution >= 4 is 24.2 Å². The Bertz CT molecular complexity index is 931. The number of aromatic nitrogens is 2. The van der Waals surface area contributed by atoms with Crippen molar-refractivity contribution in [3.8, 4) is 11.5 Å². The molecule has 0 bridgehead atoms. The Morgan fingerprint density at radius 2 is 1.75 bits per heavy atom. The van der Waals surface area contributed by atoms with Crippen LogP contribution in [0.1, 0.15) is 77.9 Å². The van der Waals surface area contributed by atoms with Gasteiger partial charge in [-0.05, 0) is 50.3 Å². The molecule has 2 fully saturated rings. The van der Waals surface area contributed by atoms with Gasteiger partial charge >= 0.3 is 0 Å². The van der Waals surface area contributed by atoms with Crippen molar-refractivity contribution in [3.63, 3.8) is 0 Å². The van der Waals surface area contributed by atoms with Gasteiger partial charge in [0.2, 0.25) is 0 Å². The highest BCUT2D eigenvalue weighted by atomic mass is 35.5. The second-order valence-electron chi connectivity index (χ2n) is 7.97. The van der Waals surface area contributed by atoms with Gasteiger partial charge in [0.1, 0.15) is 0 Å². The van der Waals surface area contributed by atoms with Crippen LogP contribution in [-0.4, -0.2) is 32.9 Å². The molecule has 1 aliphatic heterocycles. The van der Waals surface area contributed by atoms with E-state index in [9.17, 15) is 9.59 Å². The lowest BCUT2D eigenvalue weighted by Crippen LogP contribution is -2.44. The van der Waals surface area contributed by atoms with E-state index in [-0.39, 0.29) is 30.3 Å². The Kier molecular flexibility index (Phi) is 4.75. The Labute approximate surface area is 169 Å². The summed E-state index contributed by atoms with van der Waals surface area (Å²) in [5, 5.41) is 4.03. The number of carbonyl (C=O) groups is 2. The van der Waals surface area contributed by atoms with Gasteiger partial charge < -0.3 is 10.3 Å². The van der Waals surface area contributed by atoms with Crippen LogP contribution in [0.4, 0.5) is 0 Å². The van der Waals surface area contributed by atoms with Crippen LogP contribution >= 0.6 is 12.4 Å². The number of imide groups is 1. The van der Waals surface area contributed by atoms with Crippen molar-refractivity contribution in [2.24, 2.45) is 5.73 Å². The predicted molar refractivity (Wildman–Crippen MR) is 104 cm³/mol. The third-order valence-corrected chi connectivity index (χ3v) is 6.22. The molecular formula is C20H23ClN4O3. The van der Waals surface area contributed by atoms with E-state index in [1.54, 1.807) is 18.2 Å². The highest BCUT2D eigenvalue weighted by Crippen LogP contribution is 2.38. The number of halogens is 1. The molecule has 2 saturated carbocycles. The number of hydrogen-bond donors (Lipinski definition) is 1. The first kappa shape index (κ1) is 19.1. The van der Waals surface area contributed by atoms with E-state index in [2.05, 4.69) is 10.1 Å². The predicted octanol–water partition coefficient (Wildman–Crippen LogP) is 3.43. The molecule has 28 heavy (non-hydrogen) atoms. The number of fused-ring (bicyclic) bond motifs is 1. The summed E-state index contributed by atoms with van der Waals surface area (Å²) in [5.41, 5.74) is 7.29. The number of nitrogens with two attached hydrogens (primary N) is 1. The van der Waals surface area contributed by atoms with Crippen LogP contribution in [0.2, 0.25) is 0 Å². The molecule has 2 amide bonds. The molecule has 0 unspecified atom stereocenters. The fourth-order valence-electron chi connectivity index (χ4n) is 4.39. The smallest absolute Gasteiger partial charge is 0.261 e. The summed E-state index contributed by atoms with van der Waals surface area (Å²) in [5.74, 6) is 0.448. The first-order chi connectivity index (χ1) is 13.1. The lowest BCUT2D eigenvalue weighted by molar-refractivity contribution is 0.0549. The van der Waals surface area contributed by atoms with Crippen molar-refractivity contribution in [2.45, 2.75) is 62.9 Å². The fourth-order valence-corrected chi connectivity index (χ4v) is 4.39. The van der Waals surface area contributed by atoms with Gasteiger partial charge in [-0.25, -0.2) is 0 Å². The molecule has 0 atom stereocenters. The van der Waals surface area contributed by atoms with Crippen molar-refractivity contribution in [2.75, 3.05) is 0 Å². The van der Waals surface area contributed by atoms with Crippen LogP contribution in [0.25, 0.3) is 11.5 Å². The summed E-state index contributed by atoms with van der Waals surface area (Å²) in [6.07, 6.45) is 7.84. The number of amides is 2. The Balaban J connectivity index is 0.00000192. The SMILES string of the molecule is Cl.NC1(c2noc(-c3ccc4c(c3)C(=O)N(C3CCCCC3)C4=O)n2)CCC1. The monoisotopic (exact) mass is 402 g/mol. The van der Waals surface area contributed by atoms with Gasteiger partial charge in [-0.15, -0.1) is 12.4 Å². The molecule has 2 heterocycles. The van der Waals surface area contributed by atoms with E-state index < -0.39 is 5.54 Å². The second-order valence-corrected chi connectivity index (χ2v) is 7.97. The molecule has 2 aliphatic carbocycles. The minimum absolute atomic E-state index is 0. The number of benzene rings is 1. The fraction of sp³-hybridized carbons (Fsp3) is 0.500. The van der Waals surface area contributed by atoms with Crippen LogP contribution in [0.3, 0.4) is 0 Å². The van der Waals surface area contributed by atoms with E-state index in [0.717, 1.165) is 44.9 Å². The third kappa shape index (κ3) is 2.84. The van der Waals surface area contributed by atoms with E-state index >= 15 is 0 Å². The molecule has 0 spiro atoms. The maximum Gasteiger partial charge on any atom is 0.261 e. The minimum atomic E-state index is -0.498. The first-order valence-corrected chi connectivity index (χ1v) is 9.72. The maximum atomic E-state index is 12.9. The van der Waals surface area contributed by atoms with Crippen molar-refractivity contribution < 1.29 is 14.1 Å². The standard InChI is InChI=1S/C20H22N4O3.ClH/c21-20(9-4-10-20)19-22-16(27-23-19)12-7-8-14-15(11-12)18(26)24(17(14)25)13-5-2-1-3-6-13;/h7-8,11,13H,1-6,9-10,21H2;1H. The zero-order valence-corrected chi connectivity index (χ0v) is 16.3. The Hall–Kier alpha value is -2.25. The summed E-state index contributed by atoms with van der Waals surface area (Å²) in [6, 6.07) is 5.16. The largest absolute Gasteiger partial charge is 0.334 e. The van der Waals surface area contributed by atoms with E-state index in [1.165, 1.54) is 11.3 Å². The number of carbonyl (C=O) groups excluding carboxylic acids is 2. The molecule has 8 heteroatoms. The van der Waals surface area contributed by atoms with E-state index in [4.69, 9.17) is 10.3 Å². The molecule has 2 aromatic rings. The van der Waals surface area contributed by atoms with Gasteiger partial charge in [0.15, 0.2) is 5.82 Å². The normalized spacial score (nSPS) is 21.2. The van der Waals surface area contributed by atoms with Crippen molar-refractivity contribution in [3.05, 3.63) is 35.2 Å².